The molecule has 0 aliphatic carbocycles. The molecule has 0 spiro atoms. The van der Waals surface area contributed by atoms with Gasteiger partial charge in [-0.05, 0) is 17.2 Å². The minimum Gasteiger partial charge on any atom is -0.394 e. The first kappa shape index (κ1) is 11.8. The van der Waals surface area contributed by atoms with Crippen LogP contribution >= 0.6 is 0 Å². The Morgan fingerprint density at radius 1 is 1.12 bits per heavy atom. The average molecular weight is 231 g/mol. The molecule has 0 saturated carbocycles. The Kier molecular flexibility index (Phi) is 3.52. The zero-order valence-electron chi connectivity index (χ0n) is 9.31. The van der Waals surface area contributed by atoms with Crippen LogP contribution in [0, 0.1) is 5.82 Å². The molecule has 0 aliphatic rings. The molecule has 0 heterocycles. The molecular weight excluding hydrogens is 217 g/mol. The van der Waals surface area contributed by atoms with Crippen LogP contribution in [0.3, 0.4) is 0 Å². The molecule has 0 fully saturated rings. The van der Waals surface area contributed by atoms with E-state index in [1.807, 2.05) is 30.3 Å². The minimum atomic E-state index is -0.533. The summed E-state index contributed by atoms with van der Waals surface area (Å²) >= 11 is 0. The molecule has 1 atom stereocenters. The van der Waals surface area contributed by atoms with Gasteiger partial charge in [-0.25, -0.2) is 4.39 Å². The molecule has 0 amide bonds. The Morgan fingerprint density at radius 2 is 1.82 bits per heavy atom. The van der Waals surface area contributed by atoms with E-state index in [9.17, 15) is 4.39 Å². The van der Waals surface area contributed by atoms with Gasteiger partial charge in [0.15, 0.2) is 0 Å². The summed E-state index contributed by atoms with van der Waals surface area (Å²) in [6.07, 6.45) is 0. The van der Waals surface area contributed by atoms with Gasteiger partial charge in [0.05, 0.1) is 12.6 Å². The Bertz CT molecular complexity index is 499. The highest BCUT2D eigenvalue weighted by molar-refractivity contribution is 5.64. The van der Waals surface area contributed by atoms with Gasteiger partial charge in [0.25, 0.3) is 0 Å². The first-order chi connectivity index (χ1) is 8.22. The minimum absolute atomic E-state index is 0.190. The Hall–Kier alpha value is -1.71. The van der Waals surface area contributed by atoms with Gasteiger partial charge in [-0.1, -0.05) is 42.5 Å². The quantitative estimate of drug-likeness (QED) is 0.852. The fourth-order valence-electron chi connectivity index (χ4n) is 1.72. The maximum atomic E-state index is 13.9. The summed E-state index contributed by atoms with van der Waals surface area (Å²) in [4.78, 5) is 0. The lowest BCUT2D eigenvalue weighted by atomic mass is 10.0. The van der Waals surface area contributed by atoms with E-state index in [1.54, 1.807) is 12.1 Å². The summed E-state index contributed by atoms with van der Waals surface area (Å²) in [6.45, 7) is -0.190. The maximum absolute atomic E-state index is 13.9. The Labute approximate surface area is 99.5 Å². The van der Waals surface area contributed by atoms with Crippen LogP contribution in [0.2, 0.25) is 0 Å². The largest absolute Gasteiger partial charge is 0.394 e. The monoisotopic (exact) mass is 231 g/mol. The molecule has 2 aromatic carbocycles. The molecule has 0 saturated heterocycles. The van der Waals surface area contributed by atoms with Crippen molar-refractivity contribution in [2.75, 3.05) is 6.61 Å². The number of halogens is 1. The van der Waals surface area contributed by atoms with Gasteiger partial charge < -0.3 is 10.8 Å². The summed E-state index contributed by atoms with van der Waals surface area (Å²) in [6, 6.07) is 13.6. The smallest absolute Gasteiger partial charge is 0.131 e. The van der Waals surface area contributed by atoms with Gasteiger partial charge in [-0.3, -0.25) is 0 Å². The molecule has 3 heteroatoms. The van der Waals surface area contributed by atoms with Crippen molar-refractivity contribution >= 4 is 0 Å². The molecule has 0 aliphatic heterocycles. The molecule has 2 rings (SSSR count). The van der Waals surface area contributed by atoms with Crippen LogP contribution in [-0.4, -0.2) is 11.7 Å². The average Bonchev–Trinajstić information content (AvgIpc) is 2.38. The molecule has 0 radical (unpaired) electrons. The van der Waals surface area contributed by atoms with Crippen LogP contribution in [-0.2, 0) is 0 Å². The second-order valence-electron chi connectivity index (χ2n) is 3.89. The second-order valence-corrected chi connectivity index (χ2v) is 3.89. The number of aliphatic hydroxyl groups excluding tert-OH is 1. The van der Waals surface area contributed by atoms with E-state index in [2.05, 4.69) is 0 Å². The van der Waals surface area contributed by atoms with Gasteiger partial charge in [0.2, 0.25) is 0 Å². The summed E-state index contributed by atoms with van der Waals surface area (Å²) in [7, 11) is 0. The lowest BCUT2D eigenvalue weighted by molar-refractivity contribution is 0.268. The van der Waals surface area contributed by atoms with Crippen LogP contribution in [0.5, 0.6) is 0 Å². The highest BCUT2D eigenvalue weighted by Gasteiger charge is 2.09. The third-order valence-electron chi connectivity index (χ3n) is 2.70. The topological polar surface area (TPSA) is 46.2 Å². The third-order valence-corrected chi connectivity index (χ3v) is 2.70. The van der Waals surface area contributed by atoms with Crippen molar-refractivity contribution in [2.24, 2.45) is 5.73 Å². The van der Waals surface area contributed by atoms with Crippen LogP contribution in [0.1, 0.15) is 11.6 Å². The van der Waals surface area contributed by atoms with E-state index >= 15 is 0 Å². The molecule has 0 bridgehead atoms. The zero-order chi connectivity index (χ0) is 12.3. The van der Waals surface area contributed by atoms with E-state index in [0.29, 0.717) is 11.1 Å². The number of nitrogens with two attached hydrogens (primary N) is 1. The van der Waals surface area contributed by atoms with Crippen LogP contribution in [0.4, 0.5) is 4.39 Å². The van der Waals surface area contributed by atoms with Crippen molar-refractivity contribution in [1.29, 1.82) is 0 Å². The fraction of sp³-hybridized carbons (Fsp3) is 0.143. The zero-order valence-corrected chi connectivity index (χ0v) is 9.31. The molecule has 17 heavy (non-hydrogen) atoms. The standard InChI is InChI=1S/C14H14FNO/c15-13-8-11(14(16)9-17)6-7-12(13)10-4-2-1-3-5-10/h1-8,14,17H,9,16H2/t14-/m0/s1. The summed E-state index contributed by atoms with van der Waals surface area (Å²) in [5.41, 5.74) is 7.61. The van der Waals surface area contributed by atoms with Crippen molar-refractivity contribution in [1.82, 2.24) is 0 Å². The molecular formula is C14H14FNO. The molecule has 88 valence electrons. The SMILES string of the molecule is N[C@@H](CO)c1ccc(-c2ccccc2)c(F)c1. The highest BCUT2D eigenvalue weighted by Crippen LogP contribution is 2.24. The van der Waals surface area contributed by atoms with Crippen molar-refractivity contribution in [3.63, 3.8) is 0 Å². The van der Waals surface area contributed by atoms with Crippen molar-refractivity contribution < 1.29 is 9.50 Å². The van der Waals surface area contributed by atoms with Gasteiger partial charge in [0.1, 0.15) is 5.82 Å². The first-order valence-corrected chi connectivity index (χ1v) is 5.43. The van der Waals surface area contributed by atoms with Gasteiger partial charge in [0, 0.05) is 5.56 Å². The Morgan fingerprint density at radius 3 is 2.41 bits per heavy atom. The Balaban J connectivity index is 2.39. The van der Waals surface area contributed by atoms with E-state index in [0.717, 1.165) is 5.56 Å². The van der Waals surface area contributed by atoms with E-state index in [4.69, 9.17) is 10.8 Å². The van der Waals surface area contributed by atoms with Crippen molar-refractivity contribution in [2.45, 2.75) is 6.04 Å². The molecule has 2 aromatic rings. The molecule has 3 N–H and O–H groups in total. The van der Waals surface area contributed by atoms with Crippen LogP contribution < -0.4 is 5.73 Å². The number of rotatable bonds is 3. The van der Waals surface area contributed by atoms with E-state index in [1.165, 1.54) is 6.07 Å². The molecule has 0 aromatic heterocycles. The van der Waals surface area contributed by atoms with Crippen molar-refractivity contribution in [3.8, 4) is 11.1 Å². The second kappa shape index (κ2) is 5.08. The predicted molar refractivity (Wildman–Crippen MR) is 65.9 cm³/mol. The lowest BCUT2D eigenvalue weighted by Crippen LogP contribution is -2.14. The summed E-state index contributed by atoms with van der Waals surface area (Å²) in [5.74, 6) is -0.322. The number of aliphatic hydroxyl groups is 1. The summed E-state index contributed by atoms with van der Waals surface area (Å²) in [5, 5.41) is 8.92. The van der Waals surface area contributed by atoms with Gasteiger partial charge in [-0.15, -0.1) is 0 Å². The fourth-order valence-corrected chi connectivity index (χ4v) is 1.72. The maximum Gasteiger partial charge on any atom is 0.131 e. The van der Waals surface area contributed by atoms with Gasteiger partial charge >= 0.3 is 0 Å². The number of benzene rings is 2. The normalized spacial score (nSPS) is 12.4. The van der Waals surface area contributed by atoms with E-state index < -0.39 is 6.04 Å². The highest BCUT2D eigenvalue weighted by atomic mass is 19.1. The van der Waals surface area contributed by atoms with Crippen LogP contribution in [0.25, 0.3) is 11.1 Å². The first-order valence-electron chi connectivity index (χ1n) is 5.43. The predicted octanol–water partition coefficient (Wildman–Crippen LogP) is 2.48. The van der Waals surface area contributed by atoms with Crippen molar-refractivity contribution in [3.05, 3.63) is 59.9 Å². The molecule has 0 unspecified atom stereocenters. The third kappa shape index (κ3) is 2.52. The van der Waals surface area contributed by atoms with Gasteiger partial charge in [-0.2, -0.15) is 0 Å². The molecule has 2 nitrogen and oxygen atoms in total. The lowest BCUT2D eigenvalue weighted by Gasteiger charge is -2.10. The van der Waals surface area contributed by atoms with Crippen LogP contribution in [0.15, 0.2) is 48.5 Å². The number of hydrogen-bond acceptors (Lipinski definition) is 2. The summed E-state index contributed by atoms with van der Waals surface area (Å²) < 4.78 is 13.9. The van der Waals surface area contributed by atoms with E-state index in [-0.39, 0.29) is 12.4 Å². The number of hydrogen-bond donors (Lipinski definition) is 2.